The van der Waals surface area contributed by atoms with Gasteiger partial charge in [0.2, 0.25) is 5.96 Å². The summed E-state index contributed by atoms with van der Waals surface area (Å²) in [6, 6.07) is 6.00. The summed E-state index contributed by atoms with van der Waals surface area (Å²) in [5.74, 6) is 0.513. The number of alkyl carbamates (subject to hydrolysis) is 1. The van der Waals surface area contributed by atoms with Crippen LogP contribution in [0.4, 0.5) is 4.79 Å². The number of amides is 1. The molecule has 0 saturated carbocycles. The lowest BCUT2D eigenvalue weighted by Gasteiger charge is -2.25. The predicted molar refractivity (Wildman–Crippen MR) is 80.2 cm³/mol. The molecule has 1 amide bonds. The quantitative estimate of drug-likeness (QED) is 0.802. The molecule has 102 valence electrons. The first-order chi connectivity index (χ1) is 9.04. The number of hydrogen-bond acceptors (Lipinski definition) is 4. The number of guanidine groups is 1. The smallest absolute Gasteiger partial charge is 0.413 e. The second-order valence-corrected chi connectivity index (χ2v) is 5.75. The minimum atomic E-state index is -0.516. The molecule has 0 saturated heterocycles. The Hall–Kier alpha value is -1.08. The molecule has 1 aliphatic heterocycles. The number of rotatable bonds is 1. The summed E-state index contributed by atoms with van der Waals surface area (Å²) in [6.07, 6.45) is -0.516. The molecular weight excluding hydrogens is 378 g/mol. The van der Waals surface area contributed by atoms with Crippen LogP contribution >= 0.6 is 31.9 Å². The van der Waals surface area contributed by atoms with Gasteiger partial charge in [0.25, 0.3) is 0 Å². The Bertz CT molecular complexity index is 513. The average Bonchev–Trinajstić information content (AvgIpc) is 2.71. The number of halogens is 2. The molecule has 0 aliphatic carbocycles. The number of ether oxygens (including phenoxy) is 1. The predicted octanol–water partition coefficient (Wildman–Crippen LogP) is 2.91. The molecule has 1 N–H and O–H groups in total. The number of likely N-dealkylation sites (N-methyl/N-ethyl adjacent to an activating group) is 1. The molecule has 0 aromatic heterocycles. The Kier molecular flexibility index (Phi) is 4.46. The van der Waals surface area contributed by atoms with Crippen molar-refractivity contribution in [2.24, 2.45) is 4.99 Å². The zero-order valence-corrected chi connectivity index (χ0v) is 13.7. The van der Waals surface area contributed by atoms with E-state index in [1.807, 2.05) is 30.1 Å². The van der Waals surface area contributed by atoms with E-state index in [2.05, 4.69) is 46.9 Å². The van der Waals surface area contributed by atoms with Gasteiger partial charge in [0.1, 0.15) is 0 Å². The number of nitrogens with one attached hydrogen (secondary N) is 1. The van der Waals surface area contributed by atoms with Crippen molar-refractivity contribution in [3.63, 3.8) is 0 Å². The maximum atomic E-state index is 11.2. The van der Waals surface area contributed by atoms with Gasteiger partial charge in [-0.2, -0.15) is 0 Å². The van der Waals surface area contributed by atoms with E-state index in [-0.39, 0.29) is 6.04 Å². The lowest BCUT2D eigenvalue weighted by Crippen LogP contribution is -2.40. The van der Waals surface area contributed by atoms with E-state index in [1.165, 1.54) is 7.11 Å². The van der Waals surface area contributed by atoms with Crippen molar-refractivity contribution in [1.29, 1.82) is 0 Å². The number of carbonyl (C=O) groups is 1. The van der Waals surface area contributed by atoms with E-state index < -0.39 is 6.09 Å². The standard InChI is InChI=1S/C12H13Br2N3O2/c1-17-9(6-15-11(17)16-12(18)19-2)10-7(13)4-3-5-8(10)14/h3-5,9H,6H2,1-2H3,(H,15,16,18). The fraction of sp³-hybridized carbons (Fsp3) is 0.333. The van der Waals surface area contributed by atoms with Crippen molar-refractivity contribution >= 4 is 43.9 Å². The summed E-state index contributed by atoms with van der Waals surface area (Å²) in [7, 11) is 3.21. The number of hydrogen-bond donors (Lipinski definition) is 1. The van der Waals surface area contributed by atoms with Gasteiger partial charge in [-0.15, -0.1) is 0 Å². The molecular formula is C12H13Br2N3O2. The van der Waals surface area contributed by atoms with Gasteiger partial charge in [0.15, 0.2) is 0 Å². The van der Waals surface area contributed by atoms with Crippen molar-refractivity contribution in [3.8, 4) is 0 Å². The molecule has 5 nitrogen and oxygen atoms in total. The van der Waals surface area contributed by atoms with Gasteiger partial charge in [-0.25, -0.2) is 4.79 Å². The van der Waals surface area contributed by atoms with Crippen LogP contribution in [0.25, 0.3) is 0 Å². The molecule has 19 heavy (non-hydrogen) atoms. The number of methoxy groups -OCH3 is 1. The molecule has 1 heterocycles. The first-order valence-corrected chi connectivity index (χ1v) is 7.19. The van der Waals surface area contributed by atoms with Gasteiger partial charge >= 0.3 is 6.09 Å². The summed E-state index contributed by atoms with van der Waals surface area (Å²) in [4.78, 5) is 17.5. The minimum absolute atomic E-state index is 0.0668. The normalized spacial score (nSPS) is 18.2. The Morgan fingerprint density at radius 3 is 2.68 bits per heavy atom. The average molecular weight is 391 g/mol. The minimum Gasteiger partial charge on any atom is -0.453 e. The SMILES string of the molecule is COC(=O)NC1=NCC(c2c(Br)cccc2Br)N1C. The molecule has 1 unspecified atom stereocenters. The van der Waals surface area contributed by atoms with Crippen LogP contribution in [0.15, 0.2) is 32.1 Å². The maximum absolute atomic E-state index is 11.2. The van der Waals surface area contributed by atoms with Gasteiger partial charge < -0.3 is 9.64 Å². The van der Waals surface area contributed by atoms with E-state index >= 15 is 0 Å². The van der Waals surface area contributed by atoms with E-state index in [0.717, 1.165) is 14.5 Å². The van der Waals surface area contributed by atoms with Crippen LogP contribution in [0, 0.1) is 0 Å². The van der Waals surface area contributed by atoms with Gasteiger partial charge in [-0.05, 0) is 12.1 Å². The second kappa shape index (κ2) is 5.92. The van der Waals surface area contributed by atoms with Gasteiger partial charge in [-0.3, -0.25) is 10.3 Å². The zero-order valence-electron chi connectivity index (χ0n) is 10.5. The summed E-state index contributed by atoms with van der Waals surface area (Å²) in [5.41, 5.74) is 1.11. The van der Waals surface area contributed by atoms with Crippen LogP contribution in [0.5, 0.6) is 0 Å². The zero-order chi connectivity index (χ0) is 14.0. The third-order valence-corrected chi connectivity index (χ3v) is 4.33. The number of nitrogens with zero attached hydrogens (tertiary/aromatic N) is 2. The maximum Gasteiger partial charge on any atom is 0.413 e. The van der Waals surface area contributed by atoms with Crippen molar-refractivity contribution in [2.75, 3.05) is 20.7 Å². The van der Waals surface area contributed by atoms with Crippen LogP contribution in [-0.2, 0) is 4.74 Å². The summed E-state index contributed by atoms with van der Waals surface area (Å²) in [5, 5.41) is 2.60. The highest BCUT2D eigenvalue weighted by atomic mass is 79.9. The lowest BCUT2D eigenvalue weighted by atomic mass is 10.1. The van der Waals surface area contributed by atoms with Crippen LogP contribution < -0.4 is 5.32 Å². The monoisotopic (exact) mass is 389 g/mol. The van der Waals surface area contributed by atoms with Crippen LogP contribution in [0.3, 0.4) is 0 Å². The summed E-state index contributed by atoms with van der Waals surface area (Å²) >= 11 is 7.10. The summed E-state index contributed by atoms with van der Waals surface area (Å²) in [6.45, 7) is 0.580. The third kappa shape index (κ3) is 2.92. The molecule has 2 rings (SSSR count). The fourth-order valence-corrected chi connectivity index (χ4v) is 3.47. The van der Waals surface area contributed by atoms with Gasteiger partial charge in [-0.1, -0.05) is 37.9 Å². The van der Waals surface area contributed by atoms with Crippen molar-refractivity contribution < 1.29 is 9.53 Å². The Morgan fingerprint density at radius 2 is 2.11 bits per heavy atom. The highest BCUT2D eigenvalue weighted by Gasteiger charge is 2.29. The number of aliphatic imine (C=N–C) groups is 1. The lowest BCUT2D eigenvalue weighted by molar-refractivity contribution is 0.175. The highest BCUT2D eigenvalue weighted by molar-refractivity contribution is 9.11. The van der Waals surface area contributed by atoms with Crippen molar-refractivity contribution in [2.45, 2.75) is 6.04 Å². The van der Waals surface area contributed by atoms with Gasteiger partial charge in [0.05, 0.1) is 19.7 Å². The van der Waals surface area contributed by atoms with E-state index in [1.54, 1.807) is 0 Å². The largest absolute Gasteiger partial charge is 0.453 e. The van der Waals surface area contributed by atoms with E-state index in [9.17, 15) is 4.79 Å². The van der Waals surface area contributed by atoms with Crippen LogP contribution in [-0.4, -0.2) is 37.7 Å². The molecule has 7 heteroatoms. The summed E-state index contributed by atoms with van der Waals surface area (Å²) < 4.78 is 6.59. The topological polar surface area (TPSA) is 53.9 Å². The molecule has 1 atom stereocenters. The molecule has 0 bridgehead atoms. The molecule has 0 spiro atoms. The van der Waals surface area contributed by atoms with Crippen LogP contribution in [0.1, 0.15) is 11.6 Å². The van der Waals surface area contributed by atoms with E-state index in [4.69, 9.17) is 0 Å². The Labute approximate surface area is 128 Å². The number of benzene rings is 1. The van der Waals surface area contributed by atoms with Crippen molar-refractivity contribution in [1.82, 2.24) is 10.2 Å². The Balaban J connectivity index is 2.20. The second-order valence-electron chi connectivity index (χ2n) is 4.04. The molecule has 1 aromatic rings. The van der Waals surface area contributed by atoms with Crippen LogP contribution in [0.2, 0.25) is 0 Å². The molecule has 0 radical (unpaired) electrons. The molecule has 1 aromatic carbocycles. The van der Waals surface area contributed by atoms with E-state index in [0.29, 0.717) is 12.5 Å². The highest BCUT2D eigenvalue weighted by Crippen LogP contribution is 2.35. The number of carbonyl (C=O) groups excluding carboxylic acids is 1. The van der Waals surface area contributed by atoms with Gasteiger partial charge in [0, 0.05) is 21.6 Å². The molecule has 0 fully saturated rings. The third-order valence-electron chi connectivity index (χ3n) is 2.95. The fourth-order valence-electron chi connectivity index (χ4n) is 1.94. The first-order valence-electron chi connectivity index (χ1n) is 5.60. The first kappa shape index (κ1) is 14.3. The van der Waals surface area contributed by atoms with Crippen molar-refractivity contribution in [3.05, 3.63) is 32.7 Å². The Morgan fingerprint density at radius 1 is 1.47 bits per heavy atom. The molecule has 1 aliphatic rings.